The molecule has 1 aliphatic carbocycles. The van der Waals surface area contributed by atoms with Crippen molar-refractivity contribution in [1.29, 1.82) is 0 Å². The number of carbonyl (C=O) groups excluding carboxylic acids is 2. The Hall–Kier alpha value is -2.21. The molecule has 2 aromatic carbocycles. The van der Waals surface area contributed by atoms with Gasteiger partial charge in [0.2, 0.25) is 11.8 Å². The third-order valence-electron chi connectivity index (χ3n) is 3.98. The van der Waals surface area contributed by atoms with Crippen molar-refractivity contribution in [2.24, 2.45) is 11.8 Å². The SMILES string of the molecule is O=C(NCc1ccc(F)cc1)C1CC1C(=O)Nc1ccccc1Br. The normalized spacial score (nSPS) is 18.8. The van der Waals surface area contributed by atoms with Crippen LogP contribution in [0.1, 0.15) is 12.0 Å². The Balaban J connectivity index is 1.49. The highest BCUT2D eigenvalue weighted by atomic mass is 79.9. The van der Waals surface area contributed by atoms with E-state index in [0.717, 1.165) is 10.0 Å². The van der Waals surface area contributed by atoms with Gasteiger partial charge in [0.15, 0.2) is 0 Å². The summed E-state index contributed by atoms with van der Waals surface area (Å²) in [6, 6.07) is 13.3. The largest absolute Gasteiger partial charge is 0.352 e. The number of hydrogen-bond donors (Lipinski definition) is 2. The lowest BCUT2D eigenvalue weighted by molar-refractivity contribution is -0.125. The van der Waals surface area contributed by atoms with Crippen molar-refractivity contribution in [2.45, 2.75) is 13.0 Å². The molecule has 1 saturated carbocycles. The van der Waals surface area contributed by atoms with E-state index in [4.69, 9.17) is 0 Å². The molecule has 2 unspecified atom stereocenters. The molecule has 0 saturated heterocycles. The number of benzene rings is 2. The van der Waals surface area contributed by atoms with Crippen molar-refractivity contribution in [2.75, 3.05) is 5.32 Å². The predicted octanol–water partition coefficient (Wildman–Crippen LogP) is 3.48. The predicted molar refractivity (Wildman–Crippen MR) is 92.6 cm³/mol. The maximum absolute atomic E-state index is 12.8. The van der Waals surface area contributed by atoms with Crippen LogP contribution in [0.4, 0.5) is 10.1 Å². The lowest BCUT2D eigenvalue weighted by atomic mass is 10.2. The fourth-order valence-electron chi connectivity index (χ4n) is 2.49. The third-order valence-corrected chi connectivity index (χ3v) is 4.67. The number of halogens is 2. The van der Waals surface area contributed by atoms with E-state index in [0.29, 0.717) is 18.7 Å². The van der Waals surface area contributed by atoms with Gasteiger partial charge < -0.3 is 10.6 Å². The van der Waals surface area contributed by atoms with Gasteiger partial charge in [0.05, 0.1) is 17.5 Å². The zero-order valence-electron chi connectivity index (χ0n) is 12.8. The Labute approximate surface area is 147 Å². The monoisotopic (exact) mass is 390 g/mol. The average molecular weight is 391 g/mol. The fraction of sp³-hybridized carbons (Fsp3) is 0.222. The van der Waals surface area contributed by atoms with E-state index in [9.17, 15) is 14.0 Å². The first kappa shape index (κ1) is 16.6. The minimum absolute atomic E-state index is 0.147. The number of hydrogen-bond acceptors (Lipinski definition) is 2. The van der Waals surface area contributed by atoms with Gasteiger partial charge in [0.25, 0.3) is 0 Å². The van der Waals surface area contributed by atoms with Crippen molar-refractivity contribution in [1.82, 2.24) is 5.32 Å². The smallest absolute Gasteiger partial charge is 0.228 e. The summed E-state index contributed by atoms with van der Waals surface area (Å²) in [5, 5.41) is 5.62. The molecule has 124 valence electrons. The van der Waals surface area contributed by atoms with Crippen molar-refractivity contribution < 1.29 is 14.0 Å². The zero-order chi connectivity index (χ0) is 17.1. The highest BCUT2D eigenvalue weighted by Gasteiger charge is 2.47. The van der Waals surface area contributed by atoms with Gasteiger partial charge in [-0.15, -0.1) is 0 Å². The van der Waals surface area contributed by atoms with Crippen LogP contribution in [0.25, 0.3) is 0 Å². The first-order chi connectivity index (χ1) is 11.5. The van der Waals surface area contributed by atoms with Gasteiger partial charge in [-0.2, -0.15) is 0 Å². The molecule has 3 rings (SSSR count). The molecule has 0 spiro atoms. The molecular weight excluding hydrogens is 375 g/mol. The van der Waals surface area contributed by atoms with Crippen LogP contribution in [0, 0.1) is 17.7 Å². The molecule has 0 aromatic heterocycles. The van der Waals surface area contributed by atoms with Crippen LogP contribution >= 0.6 is 15.9 Å². The molecule has 4 nitrogen and oxygen atoms in total. The Morgan fingerprint density at radius 3 is 2.42 bits per heavy atom. The first-order valence-corrected chi connectivity index (χ1v) is 8.41. The number of carbonyl (C=O) groups is 2. The molecule has 0 bridgehead atoms. The summed E-state index contributed by atoms with van der Waals surface area (Å²) in [7, 11) is 0. The minimum Gasteiger partial charge on any atom is -0.352 e. The lowest BCUT2D eigenvalue weighted by Crippen LogP contribution is -2.27. The van der Waals surface area contributed by atoms with Gasteiger partial charge in [-0.25, -0.2) is 4.39 Å². The summed E-state index contributed by atoms with van der Waals surface area (Å²) in [6.45, 7) is 0.328. The third kappa shape index (κ3) is 4.00. The van der Waals surface area contributed by atoms with Crippen LogP contribution in [0.3, 0.4) is 0 Å². The Morgan fingerprint density at radius 2 is 1.71 bits per heavy atom. The molecule has 2 aromatic rings. The van der Waals surface area contributed by atoms with Crippen LogP contribution in [0.5, 0.6) is 0 Å². The number of para-hydroxylation sites is 1. The van der Waals surface area contributed by atoms with E-state index in [1.54, 1.807) is 18.2 Å². The van der Waals surface area contributed by atoms with Gasteiger partial charge in [-0.3, -0.25) is 9.59 Å². The van der Waals surface area contributed by atoms with Gasteiger partial charge in [0, 0.05) is 11.0 Å². The van der Waals surface area contributed by atoms with Crippen molar-refractivity contribution in [3.05, 3.63) is 64.4 Å². The van der Waals surface area contributed by atoms with E-state index in [1.165, 1.54) is 12.1 Å². The summed E-state index contributed by atoms with van der Waals surface area (Å²) in [4.78, 5) is 24.3. The Bertz CT molecular complexity index is 764. The van der Waals surface area contributed by atoms with E-state index in [-0.39, 0.29) is 29.5 Å². The molecule has 2 amide bonds. The van der Waals surface area contributed by atoms with Crippen LogP contribution in [-0.4, -0.2) is 11.8 Å². The molecule has 1 fully saturated rings. The highest BCUT2D eigenvalue weighted by Crippen LogP contribution is 2.40. The van der Waals surface area contributed by atoms with Crippen molar-refractivity contribution in [3.63, 3.8) is 0 Å². The molecule has 2 N–H and O–H groups in total. The Morgan fingerprint density at radius 1 is 1.04 bits per heavy atom. The summed E-state index contributed by atoms with van der Waals surface area (Å²) in [5.74, 6) is -1.20. The molecule has 24 heavy (non-hydrogen) atoms. The van der Waals surface area contributed by atoms with E-state index in [1.807, 2.05) is 18.2 Å². The van der Waals surface area contributed by atoms with Crippen LogP contribution in [0.15, 0.2) is 53.0 Å². The molecule has 1 aliphatic rings. The van der Waals surface area contributed by atoms with Crippen LogP contribution in [0.2, 0.25) is 0 Å². The maximum Gasteiger partial charge on any atom is 0.228 e. The van der Waals surface area contributed by atoms with Crippen molar-refractivity contribution >= 4 is 33.4 Å². The topological polar surface area (TPSA) is 58.2 Å². The second-order valence-corrected chi connectivity index (χ2v) is 6.62. The van der Waals surface area contributed by atoms with E-state index >= 15 is 0 Å². The number of nitrogens with one attached hydrogen (secondary N) is 2. The maximum atomic E-state index is 12.8. The van der Waals surface area contributed by atoms with E-state index in [2.05, 4.69) is 26.6 Å². The zero-order valence-corrected chi connectivity index (χ0v) is 14.3. The van der Waals surface area contributed by atoms with Crippen LogP contribution < -0.4 is 10.6 Å². The summed E-state index contributed by atoms with van der Waals surface area (Å²) in [6.07, 6.45) is 0.547. The van der Waals surface area contributed by atoms with Gasteiger partial charge in [-0.1, -0.05) is 24.3 Å². The summed E-state index contributed by atoms with van der Waals surface area (Å²) < 4.78 is 13.6. The number of anilines is 1. The molecule has 2 atom stereocenters. The van der Waals surface area contributed by atoms with E-state index < -0.39 is 0 Å². The summed E-state index contributed by atoms with van der Waals surface area (Å²) in [5.41, 5.74) is 1.51. The highest BCUT2D eigenvalue weighted by molar-refractivity contribution is 9.10. The molecule has 6 heteroatoms. The number of amides is 2. The lowest BCUT2D eigenvalue weighted by Gasteiger charge is -2.07. The van der Waals surface area contributed by atoms with Gasteiger partial charge >= 0.3 is 0 Å². The Kier molecular flexibility index (Phi) is 4.94. The fourth-order valence-corrected chi connectivity index (χ4v) is 2.87. The van der Waals surface area contributed by atoms with Crippen LogP contribution in [-0.2, 0) is 16.1 Å². The molecule has 0 heterocycles. The second-order valence-electron chi connectivity index (χ2n) is 5.76. The molecule has 0 aliphatic heterocycles. The quantitative estimate of drug-likeness (QED) is 0.820. The average Bonchev–Trinajstić information content (AvgIpc) is 3.37. The second kappa shape index (κ2) is 7.13. The first-order valence-electron chi connectivity index (χ1n) is 7.62. The van der Waals surface area contributed by atoms with Gasteiger partial charge in [-0.05, 0) is 52.2 Å². The molecule has 0 radical (unpaired) electrons. The standard InChI is InChI=1S/C18H16BrFN2O2/c19-15-3-1-2-4-16(15)22-18(24)14-9-13(14)17(23)21-10-11-5-7-12(20)8-6-11/h1-8,13-14H,9-10H2,(H,21,23)(H,22,24). The van der Waals surface area contributed by atoms with Gasteiger partial charge in [0.1, 0.15) is 5.82 Å². The summed E-state index contributed by atoms with van der Waals surface area (Å²) >= 11 is 3.37. The van der Waals surface area contributed by atoms with Crippen molar-refractivity contribution in [3.8, 4) is 0 Å². The number of rotatable bonds is 5. The molecular formula is C18H16BrFN2O2. The minimum atomic E-state index is -0.309.